The molecule has 168 valence electrons. The number of carbonyl (C=O) groups excluding carboxylic acids is 1. The molecule has 0 aromatic heterocycles. The van der Waals surface area contributed by atoms with Crippen LogP contribution in [-0.4, -0.2) is 5.78 Å². The zero-order chi connectivity index (χ0) is 23.3. The molecule has 0 heterocycles. The van der Waals surface area contributed by atoms with Crippen molar-refractivity contribution in [3.8, 4) is 0 Å². The van der Waals surface area contributed by atoms with E-state index in [2.05, 4.69) is 0 Å². The third kappa shape index (κ3) is 3.77. The highest BCUT2D eigenvalue weighted by Gasteiger charge is 2.38. The summed E-state index contributed by atoms with van der Waals surface area (Å²) in [6.07, 6.45) is 4.63. The molecule has 0 spiro atoms. The molecule has 2 aliphatic carbocycles. The van der Waals surface area contributed by atoms with Gasteiger partial charge < -0.3 is 0 Å². The van der Waals surface area contributed by atoms with Crippen LogP contribution in [-0.2, 0) is 12.8 Å². The number of Topliss-reactive ketones (excluding diaryl/α,β-unsaturated/α-hetero) is 1. The average molecular weight is 454 g/mol. The lowest BCUT2D eigenvalue weighted by atomic mass is 9.80. The second-order valence-electron chi connectivity index (χ2n) is 8.60. The summed E-state index contributed by atoms with van der Waals surface area (Å²) in [7, 11) is 0. The van der Waals surface area contributed by atoms with Crippen molar-refractivity contribution in [2.45, 2.75) is 31.6 Å². The molecule has 2 aliphatic rings. The van der Waals surface area contributed by atoms with E-state index >= 15 is 0 Å². The fourth-order valence-electron chi connectivity index (χ4n) is 5.18. The molecule has 3 aromatic rings. The molecule has 5 rings (SSSR count). The predicted octanol–water partition coefficient (Wildman–Crippen LogP) is 6.94. The highest BCUT2D eigenvalue weighted by Crippen LogP contribution is 2.47. The topological polar surface area (TPSA) is 17.1 Å². The maximum atomic E-state index is 14.5. The second kappa shape index (κ2) is 8.25. The van der Waals surface area contributed by atoms with E-state index < -0.39 is 52.3 Å². The first-order chi connectivity index (χ1) is 15.8. The molecule has 0 saturated carbocycles. The van der Waals surface area contributed by atoms with Crippen LogP contribution in [0.1, 0.15) is 51.4 Å². The van der Waals surface area contributed by atoms with Gasteiger partial charge in [0.1, 0.15) is 17.5 Å². The Kier molecular flexibility index (Phi) is 5.39. The minimum absolute atomic E-state index is 0.322. The predicted molar refractivity (Wildman–Crippen MR) is 114 cm³/mol. The van der Waals surface area contributed by atoms with Crippen molar-refractivity contribution in [3.05, 3.63) is 112 Å². The lowest BCUT2D eigenvalue weighted by Crippen LogP contribution is -2.21. The molecule has 0 radical (unpaired) electrons. The van der Waals surface area contributed by atoms with E-state index in [0.717, 1.165) is 42.5 Å². The van der Waals surface area contributed by atoms with E-state index in [1.165, 1.54) is 11.6 Å². The third-order valence-corrected chi connectivity index (χ3v) is 6.68. The summed E-state index contributed by atoms with van der Waals surface area (Å²) < 4.78 is 69.7. The second-order valence-corrected chi connectivity index (χ2v) is 8.60. The fourth-order valence-corrected chi connectivity index (χ4v) is 5.18. The SMILES string of the molecule is O=C(c1c(F)cc(F)cc1F)C1C=C(c2ccc(F)c(F)c2)CC1c1cccc2c1CCC2. The van der Waals surface area contributed by atoms with Gasteiger partial charge in [0.05, 0.1) is 5.56 Å². The lowest BCUT2D eigenvalue weighted by molar-refractivity contribution is 0.0926. The van der Waals surface area contributed by atoms with E-state index in [-0.39, 0.29) is 0 Å². The van der Waals surface area contributed by atoms with Crippen LogP contribution < -0.4 is 0 Å². The van der Waals surface area contributed by atoms with Crippen LogP contribution in [0.5, 0.6) is 0 Å². The summed E-state index contributed by atoms with van der Waals surface area (Å²) in [5, 5.41) is 0. The summed E-state index contributed by atoms with van der Waals surface area (Å²) in [4.78, 5) is 13.4. The number of benzene rings is 3. The van der Waals surface area contributed by atoms with Crippen molar-refractivity contribution < 1.29 is 26.7 Å². The first-order valence-electron chi connectivity index (χ1n) is 10.8. The van der Waals surface area contributed by atoms with Gasteiger partial charge in [0.2, 0.25) is 0 Å². The van der Waals surface area contributed by atoms with Crippen molar-refractivity contribution in [1.29, 1.82) is 0 Å². The average Bonchev–Trinajstić information content (AvgIpc) is 3.42. The molecule has 6 heteroatoms. The summed E-state index contributed by atoms with van der Waals surface area (Å²) in [6.45, 7) is 0. The van der Waals surface area contributed by atoms with Gasteiger partial charge in [-0.15, -0.1) is 0 Å². The van der Waals surface area contributed by atoms with Gasteiger partial charge in [-0.2, -0.15) is 0 Å². The summed E-state index contributed by atoms with van der Waals surface area (Å²) in [5.74, 6) is -7.80. The summed E-state index contributed by atoms with van der Waals surface area (Å²) in [5.41, 5.74) is 3.43. The normalized spacial score (nSPS) is 19.5. The number of fused-ring (bicyclic) bond motifs is 1. The quantitative estimate of drug-likeness (QED) is 0.308. The number of hydrogen-bond acceptors (Lipinski definition) is 1. The Morgan fingerprint density at radius 2 is 1.58 bits per heavy atom. The first kappa shape index (κ1) is 21.6. The van der Waals surface area contributed by atoms with Gasteiger partial charge in [-0.05, 0) is 65.6 Å². The maximum Gasteiger partial charge on any atom is 0.176 e. The number of carbonyl (C=O) groups is 1. The van der Waals surface area contributed by atoms with E-state index in [0.29, 0.717) is 29.7 Å². The molecule has 0 saturated heterocycles. The van der Waals surface area contributed by atoms with Crippen LogP contribution in [0.2, 0.25) is 0 Å². The maximum absolute atomic E-state index is 14.5. The van der Waals surface area contributed by atoms with E-state index in [9.17, 15) is 26.7 Å². The van der Waals surface area contributed by atoms with Crippen molar-refractivity contribution in [1.82, 2.24) is 0 Å². The molecular formula is C27H19F5O. The molecule has 0 amide bonds. The number of allylic oxidation sites excluding steroid dienone is 2. The number of ketones is 1. The smallest absolute Gasteiger partial charge is 0.176 e. The van der Waals surface area contributed by atoms with Crippen LogP contribution in [0.4, 0.5) is 22.0 Å². The summed E-state index contributed by atoms with van der Waals surface area (Å²) >= 11 is 0. The fraction of sp³-hybridized carbons (Fsp3) is 0.222. The van der Waals surface area contributed by atoms with Gasteiger partial charge in [-0.1, -0.05) is 30.3 Å². The van der Waals surface area contributed by atoms with Gasteiger partial charge in [-0.25, -0.2) is 22.0 Å². The molecule has 3 aromatic carbocycles. The Hall–Kier alpha value is -3.28. The standard InChI is InChI=1S/C27H19F5O/c28-17-12-24(31)26(25(32)13-17)27(33)21-10-16(15-7-8-22(29)23(30)11-15)9-20(21)19-6-2-4-14-3-1-5-18(14)19/h2,4,6-8,10-13,20-21H,1,3,5,9H2. The van der Waals surface area contributed by atoms with Crippen LogP contribution >= 0.6 is 0 Å². The monoisotopic (exact) mass is 454 g/mol. The molecule has 33 heavy (non-hydrogen) atoms. The Labute approximate surface area is 187 Å². The zero-order valence-electron chi connectivity index (χ0n) is 17.5. The largest absolute Gasteiger partial charge is 0.293 e. The molecule has 2 unspecified atom stereocenters. The zero-order valence-corrected chi connectivity index (χ0v) is 17.5. The Morgan fingerprint density at radius 1 is 0.818 bits per heavy atom. The van der Waals surface area contributed by atoms with Crippen LogP contribution in [0.15, 0.2) is 54.6 Å². The van der Waals surface area contributed by atoms with Gasteiger partial charge in [0.15, 0.2) is 17.4 Å². The number of aryl methyl sites for hydroxylation is 1. The van der Waals surface area contributed by atoms with Crippen LogP contribution in [0, 0.1) is 35.0 Å². The third-order valence-electron chi connectivity index (χ3n) is 6.68. The van der Waals surface area contributed by atoms with Gasteiger partial charge >= 0.3 is 0 Å². The highest BCUT2D eigenvalue weighted by molar-refractivity contribution is 6.02. The molecular weight excluding hydrogens is 435 g/mol. The summed E-state index contributed by atoms with van der Waals surface area (Å²) in [6, 6.07) is 10.3. The van der Waals surface area contributed by atoms with Gasteiger partial charge in [-0.3, -0.25) is 4.79 Å². The Morgan fingerprint density at radius 3 is 2.30 bits per heavy atom. The lowest BCUT2D eigenvalue weighted by Gasteiger charge is -2.22. The molecule has 2 atom stereocenters. The van der Waals surface area contributed by atoms with Crippen LogP contribution in [0.3, 0.4) is 0 Å². The van der Waals surface area contributed by atoms with E-state index in [1.54, 1.807) is 6.08 Å². The molecule has 0 aliphatic heterocycles. The molecule has 0 bridgehead atoms. The molecule has 0 fully saturated rings. The van der Waals surface area contributed by atoms with Gasteiger partial charge in [0.25, 0.3) is 0 Å². The number of rotatable bonds is 4. The minimum Gasteiger partial charge on any atom is -0.293 e. The molecule has 0 N–H and O–H groups in total. The highest BCUT2D eigenvalue weighted by atomic mass is 19.2. The minimum atomic E-state index is -1.26. The number of halogens is 5. The van der Waals surface area contributed by atoms with Crippen molar-refractivity contribution in [2.24, 2.45) is 5.92 Å². The van der Waals surface area contributed by atoms with Crippen molar-refractivity contribution in [2.75, 3.05) is 0 Å². The van der Waals surface area contributed by atoms with Crippen molar-refractivity contribution >= 4 is 11.4 Å². The Bertz CT molecular complexity index is 1290. The van der Waals surface area contributed by atoms with Crippen LogP contribution in [0.25, 0.3) is 5.57 Å². The Balaban J connectivity index is 1.62. The van der Waals surface area contributed by atoms with Gasteiger partial charge in [0, 0.05) is 24.0 Å². The molecule has 1 nitrogen and oxygen atoms in total. The van der Waals surface area contributed by atoms with E-state index in [4.69, 9.17) is 0 Å². The number of hydrogen-bond donors (Lipinski definition) is 0. The van der Waals surface area contributed by atoms with Crippen molar-refractivity contribution in [3.63, 3.8) is 0 Å². The first-order valence-corrected chi connectivity index (χ1v) is 10.8. The van der Waals surface area contributed by atoms with E-state index in [1.807, 2.05) is 18.2 Å².